The number of aromatic nitrogens is 2. The van der Waals surface area contributed by atoms with E-state index >= 15 is 0 Å². The minimum absolute atomic E-state index is 0.0221. The van der Waals surface area contributed by atoms with Gasteiger partial charge in [-0.2, -0.15) is 5.10 Å². The van der Waals surface area contributed by atoms with Gasteiger partial charge in [-0.05, 0) is 50.7 Å². The van der Waals surface area contributed by atoms with Gasteiger partial charge in [-0.3, -0.25) is 9.48 Å². The maximum absolute atomic E-state index is 13.5. The van der Waals surface area contributed by atoms with E-state index in [1.54, 1.807) is 0 Å². The fraction of sp³-hybridized carbons (Fsp3) is 0.333. The van der Waals surface area contributed by atoms with Crippen molar-refractivity contribution in [3.05, 3.63) is 76.9 Å². The van der Waals surface area contributed by atoms with Crippen LogP contribution in [0.1, 0.15) is 28.8 Å². The Labute approximate surface area is 182 Å². The van der Waals surface area contributed by atoms with E-state index in [9.17, 15) is 4.79 Å². The fourth-order valence-electron chi connectivity index (χ4n) is 3.99. The molecule has 2 heterocycles. The van der Waals surface area contributed by atoms with Gasteiger partial charge in [0.25, 0.3) is 5.91 Å². The van der Waals surface area contributed by atoms with Crippen LogP contribution >= 0.6 is 11.6 Å². The van der Waals surface area contributed by atoms with Crippen LogP contribution in [-0.4, -0.2) is 58.7 Å². The summed E-state index contributed by atoms with van der Waals surface area (Å²) < 4.78 is 1.86. The number of carbonyl (C=O) groups excluding carboxylic acids is 1. The molecule has 4 rings (SSSR count). The van der Waals surface area contributed by atoms with Crippen molar-refractivity contribution in [1.29, 1.82) is 0 Å². The highest BCUT2D eigenvalue weighted by molar-refractivity contribution is 6.30. The zero-order valence-electron chi connectivity index (χ0n) is 17.5. The van der Waals surface area contributed by atoms with Crippen LogP contribution in [0.4, 0.5) is 0 Å². The Morgan fingerprint density at radius 3 is 2.43 bits per heavy atom. The van der Waals surface area contributed by atoms with Crippen molar-refractivity contribution < 1.29 is 4.79 Å². The summed E-state index contributed by atoms with van der Waals surface area (Å²) in [6.07, 6.45) is 3.87. The van der Waals surface area contributed by atoms with Gasteiger partial charge < -0.3 is 9.80 Å². The topological polar surface area (TPSA) is 41.4 Å². The van der Waals surface area contributed by atoms with Crippen LogP contribution in [0.2, 0.25) is 5.02 Å². The Kier molecular flexibility index (Phi) is 6.21. The van der Waals surface area contributed by atoms with Crippen LogP contribution in [0.15, 0.2) is 60.8 Å². The van der Waals surface area contributed by atoms with E-state index in [0.29, 0.717) is 22.8 Å². The number of rotatable bonds is 5. The molecule has 6 heteroatoms. The van der Waals surface area contributed by atoms with E-state index in [2.05, 4.69) is 24.1 Å². The second kappa shape index (κ2) is 9.02. The van der Waals surface area contributed by atoms with Gasteiger partial charge in [-0.1, -0.05) is 54.1 Å². The molecule has 0 radical (unpaired) electrons. The molecular weight excluding hydrogens is 396 g/mol. The smallest absolute Gasteiger partial charge is 0.257 e. The molecule has 0 spiro atoms. The first kappa shape index (κ1) is 20.6. The summed E-state index contributed by atoms with van der Waals surface area (Å²) >= 11 is 6.07. The summed E-state index contributed by atoms with van der Waals surface area (Å²) in [5, 5.41) is 5.45. The fourth-order valence-corrected chi connectivity index (χ4v) is 4.11. The summed E-state index contributed by atoms with van der Waals surface area (Å²) in [6.45, 7) is 2.64. The number of carbonyl (C=O) groups is 1. The normalized spacial score (nSPS) is 15.3. The van der Waals surface area contributed by atoms with Crippen molar-refractivity contribution in [3.8, 4) is 11.3 Å². The lowest BCUT2D eigenvalue weighted by molar-refractivity contribution is 0.0660. The molecule has 0 aliphatic carbocycles. The molecule has 1 fully saturated rings. The molecule has 0 unspecified atom stereocenters. The lowest BCUT2D eigenvalue weighted by atomic mass is 10.0. The Hall–Kier alpha value is -2.63. The molecule has 5 nitrogen and oxygen atoms in total. The van der Waals surface area contributed by atoms with Crippen molar-refractivity contribution in [2.45, 2.75) is 25.4 Å². The summed E-state index contributed by atoms with van der Waals surface area (Å²) in [4.78, 5) is 17.7. The number of piperidine rings is 1. The van der Waals surface area contributed by atoms with E-state index in [0.717, 1.165) is 37.1 Å². The maximum atomic E-state index is 13.5. The molecule has 30 heavy (non-hydrogen) atoms. The van der Waals surface area contributed by atoms with Crippen molar-refractivity contribution >= 4 is 17.5 Å². The second-order valence-electron chi connectivity index (χ2n) is 8.03. The van der Waals surface area contributed by atoms with Gasteiger partial charge in [-0.15, -0.1) is 0 Å². The third-order valence-corrected chi connectivity index (χ3v) is 6.11. The first-order chi connectivity index (χ1) is 14.5. The lowest BCUT2D eigenvalue weighted by Gasteiger charge is -2.35. The zero-order chi connectivity index (χ0) is 21.1. The minimum Gasteiger partial charge on any atom is -0.339 e. The summed E-state index contributed by atoms with van der Waals surface area (Å²) in [7, 11) is 4.04. The van der Waals surface area contributed by atoms with Gasteiger partial charge in [0.2, 0.25) is 0 Å². The maximum Gasteiger partial charge on any atom is 0.257 e. The van der Waals surface area contributed by atoms with E-state index in [1.165, 1.54) is 0 Å². The van der Waals surface area contributed by atoms with E-state index in [-0.39, 0.29) is 11.9 Å². The molecule has 0 N–H and O–H groups in total. The number of halogens is 1. The van der Waals surface area contributed by atoms with Crippen molar-refractivity contribution in [3.63, 3.8) is 0 Å². The third-order valence-electron chi connectivity index (χ3n) is 5.85. The molecular formula is C24H27ClN4O. The Balaban J connectivity index is 1.65. The van der Waals surface area contributed by atoms with Gasteiger partial charge in [0.05, 0.1) is 12.1 Å². The predicted molar refractivity (Wildman–Crippen MR) is 121 cm³/mol. The van der Waals surface area contributed by atoms with Crippen LogP contribution in [0.25, 0.3) is 11.3 Å². The minimum atomic E-state index is 0.0221. The van der Waals surface area contributed by atoms with Crippen molar-refractivity contribution in [2.75, 3.05) is 27.2 Å². The largest absolute Gasteiger partial charge is 0.339 e. The number of likely N-dealkylation sites (tertiary alicyclic amines) is 1. The lowest BCUT2D eigenvalue weighted by Crippen LogP contribution is -2.44. The van der Waals surface area contributed by atoms with Crippen molar-refractivity contribution in [1.82, 2.24) is 19.6 Å². The van der Waals surface area contributed by atoms with Crippen LogP contribution in [0.5, 0.6) is 0 Å². The highest BCUT2D eigenvalue weighted by Gasteiger charge is 2.28. The van der Waals surface area contributed by atoms with Gasteiger partial charge in [0.1, 0.15) is 5.69 Å². The molecule has 1 aromatic heterocycles. The van der Waals surface area contributed by atoms with Crippen LogP contribution in [-0.2, 0) is 6.54 Å². The molecule has 0 saturated carbocycles. The molecule has 156 valence electrons. The Morgan fingerprint density at radius 2 is 1.77 bits per heavy atom. The van der Waals surface area contributed by atoms with Crippen molar-refractivity contribution in [2.24, 2.45) is 0 Å². The first-order valence-corrected chi connectivity index (χ1v) is 10.7. The third kappa shape index (κ3) is 4.58. The predicted octanol–water partition coefficient (Wildman–Crippen LogP) is 4.42. The molecule has 1 aliphatic rings. The molecule has 1 aliphatic heterocycles. The highest BCUT2D eigenvalue weighted by Crippen LogP contribution is 2.27. The molecule has 0 bridgehead atoms. The molecule has 2 aromatic carbocycles. The SMILES string of the molecule is CN1CCC(N(C)C(=O)c2cn(Cc3ccccc3)nc2-c2ccc(Cl)cc2)CC1. The zero-order valence-corrected chi connectivity index (χ0v) is 18.2. The number of hydrogen-bond donors (Lipinski definition) is 0. The van der Waals surface area contributed by atoms with Gasteiger partial charge in [0.15, 0.2) is 0 Å². The summed E-state index contributed by atoms with van der Waals surface area (Å²) in [5.41, 5.74) is 3.37. The monoisotopic (exact) mass is 422 g/mol. The Bertz CT molecular complexity index is 992. The standard InChI is InChI=1S/C24H27ClN4O/c1-27-14-12-21(13-15-27)28(2)24(30)22-17-29(16-18-6-4-3-5-7-18)26-23(22)19-8-10-20(25)11-9-19/h3-11,17,21H,12-16H2,1-2H3. The summed E-state index contributed by atoms with van der Waals surface area (Å²) in [5.74, 6) is 0.0221. The second-order valence-corrected chi connectivity index (χ2v) is 8.47. The van der Waals surface area contributed by atoms with E-state index in [4.69, 9.17) is 16.7 Å². The average molecular weight is 423 g/mol. The van der Waals surface area contributed by atoms with Gasteiger partial charge in [-0.25, -0.2) is 0 Å². The van der Waals surface area contributed by atoms with E-state index < -0.39 is 0 Å². The molecule has 0 atom stereocenters. The Morgan fingerprint density at radius 1 is 1.10 bits per heavy atom. The number of benzene rings is 2. The van der Waals surface area contributed by atoms with E-state index in [1.807, 2.05) is 65.3 Å². The number of hydrogen-bond acceptors (Lipinski definition) is 3. The molecule has 1 amide bonds. The quantitative estimate of drug-likeness (QED) is 0.611. The number of nitrogens with zero attached hydrogens (tertiary/aromatic N) is 4. The van der Waals surface area contributed by atoms with Crippen LogP contribution in [0, 0.1) is 0 Å². The molecule has 1 saturated heterocycles. The molecule has 3 aromatic rings. The highest BCUT2D eigenvalue weighted by atomic mass is 35.5. The van der Waals surface area contributed by atoms with Crippen LogP contribution in [0.3, 0.4) is 0 Å². The van der Waals surface area contributed by atoms with Gasteiger partial charge >= 0.3 is 0 Å². The summed E-state index contributed by atoms with van der Waals surface area (Å²) in [6, 6.07) is 17.9. The number of amides is 1. The first-order valence-electron chi connectivity index (χ1n) is 10.3. The van der Waals surface area contributed by atoms with Gasteiger partial charge in [0, 0.05) is 29.9 Å². The average Bonchev–Trinajstić information content (AvgIpc) is 3.18. The van der Waals surface area contributed by atoms with Crippen LogP contribution < -0.4 is 0 Å².